The largest absolute Gasteiger partial charge is 0.339 e. The van der Waals surface area contributed by atoms with Crippen LogP contribution in [0.3, 0.4) is 0 Å². The zero-order valence-corrected chi connectivity index (χ0v) is 23.7. The van der Waals surface area contributed by atoms with E-state index >= 15 is 0 Å². The van der Waals surface area contributed by atoms with E-state index in [1.165, 1.54) is 16.0 Å². The van der Waals surface area contributed by atoms with E-state index in [4.69, 9.17) is 0 Å². The molecule has 3 heterocycles. The van der Waals surface area contributed by atoms with Crippen LogP contribution in [0.1, 0.15) is 45.7 Å². The summed E-state index contributed by atoms with van der Waals surface area (Å²) >= 11 is 1.84. The van der Waals surface area contributed by atoms with E-state index in [2.05, 4.69) is 58.8 Å². The van der Waals surface area contributed by atoms with Gasteiger partial charge < -0.3 is 9.80 Å². The van der Waals surface area contributed by atoms with Crippen molar-refractivity contribution in [3.8, 4) is 11.1 Å². The van der Waals surface area contributed by atoms with Gasteiger partial charge in [0.2, 0.25) is 5.91 Å². The van der Waals surface area contributed by atoms with Gasteiger partial charge >= 0.3 is 0 Å². The maximum atomic E-state index is 13.3. The smallest absolute Gasteiger partial charge is 0.254 e. The summed E-state index contributed by atoms with van der Waals surface area (Å²) in [6.45, 7) is 5.44. The Bertz CT molecular complexity index is 1450. The molecule has 0 aliphatic carbocycles. The van der Waals surface area contributed by atoms with Gasteiger partial charge in [-0.15, -0.1) is 11.3 Å². The number of hydrogen-bond acceptors (Lipinski definition) is 4. The van der Waals surface area contributed by atoms with Crippen molar-refractivity contribution in [3.63, 3.8) is 0 Å². The van der Waals surface area contributed by atoms with E-state index in [-0.39, 0.29) is 23.9 Å². The van der Waals surface area contributed by atoms with E-state index < -0.39 is 0 Å². The Balaban J connectivity index is 1.06. The first-order valence-corrected chi connectivity index (χ1v) is 15.1. The molecule has 0 spiro atoms. The molecular weight excluding hydrogens is 514 g/mol. The van der Waals surface area contributed by atoms with Crippen LogP contribution < -0.4 is 0 Å². The van der Waals surface area contributed by atoms with Crippen molar-refractivity contribution in [3.05, 3.63) is 118 Å². The second-order valence-corrected chi connectivity index (χ2v) is 11.8. The summed E-state index contributed by atoms with van der Waals surface area (Å²) in [6.07, 6.45) is 1.53. The fraction of sp³-hybridized carbons (Fsp3) is 0.294. The summed E-state index contributed by atoms with van der Waals surface area (Å²) in [7, 11) is 0. The fourth-order valence-corrected chi connectivity index (χ4v) is 7.02. The molecule has 0 radical (unpaired) electrons. The third kappa shape index (κ3) is 5.47. The van der Waals surface area contributed by atoms with Crippen molar-refractivity contribution in [2.45, 2.75) is 31.8 Å². The lowest BCUT2D eigenvalue weighted by atomic mass is 9.93. The molecule has 0 N–H and O–H groups in total. The molecule has 5 nitrogen and oxygen atoms in total. The van der Waals surface area contributed by atoms with Crippen LogP contribution in [-0.4, -0.2) is 65.3 Å². The standard InChI is InChI=1S/C34H35N3O2S/c1-25-24-36(21-22-37(25)34(39)29-14-12-27(13-15-29)26-8-4-2-5-9-26)32(38)17-20-35-19-16-31-30(18-23-40-31)33(35)28-10-6-3-7-11-28/h2-15,18,23,25,33H,16-17,19-22,24H2,1H3. The lowest BCUT2D eigenvalue weighted by molar-refractivity contribution is -0.134. The Labute approximate surface area is 240 Å². The zero-order chi connectivity index (χ0) is 27.5. The number of carbonyl (C=O) groups is 2. The molecule has 2 aliphatic heterocycles. The molecule has 1 fully saturated rings. The maximum Gasteiger partial charge on any atom is 0.254 e. The number of amides is 2. The van der Waals surface area contributed by atoms with Gasteiger partial charge in [0, 0.05) is 55.6 Å². The molecule has 2 aliphatic rings. The van der Waals surface area contributed by atoms with Crippen molar-refractivity contribution in [1.82, 2.24) is 14.7 Å². The Morgan fingerprint density at radius 2 is 1.52 bits per heavy atom. The van der Waals surface area contributed by atoms with Crippen LogP contribution in [0.5, 0.6) is 0 Å². The average molecular weight is 550 g/mol. The number of thiophene rings is 1. The topological polar surface area (TPSA) is 43.9 Å². The van der Waals surface area contributed by atoms with Gasteiger partial charge in [0.05, 0.1) is 6.04 Å². The van der Waals surface area contributed by atoms with E-state index in [1.54, 1.807) is 0 Å². The molecule has 6 rings (SSSR count). The minimum Gasteiger partial charge on any atom is -0.339 e. The second-order valence-electron chi connectivity index (χ2n) is 10.8. The average Bonchev–Trinajstić information content (AvgIpc) is 3.49. The molecule has 1 saturated heterocycles. The van der Waals surface area contributed by atoms with Crippen LogP contribution in [0.15, 0.2) is 96.4 Å². The van der Waals surface area contributed by atoms with Gasteiger partial charge in [0.25, 0.3) is 5.91 Å². The highest BCUT2D eigenvalue weighted by Gasteiger charge is 2.32. The number of hydrogen-bond donors (Lipinski definition) is 0. The third-order valence-corrected chi connectivity index (χ3v) is 9.27. The summed E-state index contributed by atoms with van der Waals surface area (Å²) in [5, 5.41) is 2.19. The van der Waals surface area contributed by atoms with E-state index in [0.717, 1.165) is 30.6 Å². The third-order valence-electron chi connectivity index (χ3n) is 8.27. The molecule has 0 saturated carbocycles. The zero-order valence-electron chi connectivity index (χ0n) is 22.9. The van der Waals surface area contributed by atoms with E-state index in [0.29, 0.717) is 31.6 Å². The van der Waals surface area contributed by atoms with Crippen LogP contribution in [0.2, 0.25) is 0 Å². The van der Waals surface area contributed by atoms with Gasteiger partial charge in [-0.2, -0.15) is 0 Å². The summed E-state index contributed by atoms with van der Waals surface area (Å²) in [4.78, 5) is 34.5. The number of piperazine rings is 1. The van der Waals surface area contributed by atoms with E-state index in [1.807, 2.05) is 70.5 Å². The first-order valence-electron chi connectivity index (χ1n) is 14.2. The van der Waals surface area contributed by atoms with Gasteiger partial charge in [-0.3, -0.25) is 14.5 Å². The molecule has 0 bridgehead atoms. The number of benzene rings is 3. The Hall–Kier alpha value is -3.74. The van der Waals surface area contributed by atoms with Crippen LogP contribution >= 0.6 is 11.3 Å². The highest BCUT2D eigenvalue weighted by Crippen LogP contribution is 2.37. The van der Waals surface area contributed by atoms with Crippen LogP contribution in [0.4, 0.5) is 0 Å². The highest BCUT2D eigenvalue weighted by atomic mass is 32.1. The van der Waals surface area contributed by atoms with Crippen LogP contribution in [0, 0.1) is 0 Å². The lowest BCUT2D eigenvalue weighted by Crippen LogP contribution is -2.55. The SMILES string of the molecule is CC1CN(C(=O)CCN2CCc3sccc3C2c2ccccc2)CCN1C(=O)c1ccc(-c2ccccc2)cc1. The predicted molar refractivity (Wildman–Crippen MR) is 161 cm³/mol. The first-order chi connectivity index (χ1) is 19.6. The van der Waals surface area contributed by atoms with Crippen molar-refractivity contribution in [2.75, 3.05) is 32.7 Å². The Morgan fingerprint density at radius 3 is 2.25 bits per heavy atom. The van der Waals surface area contributed by atoms with Crippen molar-refractivity contribution >= 4 is 23.2 Å². The molecular formula is C34H35N3O2S. The summed E-state index contributed by atoms with van der Waals surface area (Å²) in [5.41, 5.74) is 5.59. The van der Waals surface area contributed by atoms with Crippen molar-refractivity contribution < 1.29 is 9.59 Å². The van der Waals surface area contributed by atoms with Crippen molar-refractivity contribution in [1.29, 1.82) is 0 Å². The molecule has 4 aromatic rings. The molecule has 6 heteroatoms. The molecule has 2 amide bonds. The predicted octanol–water partition coefficient (Wildman–Crippen LogP) is 6.13. The highest BCUT2D eigenvalue weighted by molar-refractivity contribution is 7.10. The van der Waals surface area contributed by atoms with Gasteiger partial charge in [0.1, 0.15) is 0 Å². The summed E-state index contributed by atoms with van der Waals surface area (Å²) in [6, 6.07) is 31.1. The lowest BCUT2D eigenvalue weighted by Gasteiger charge is -2.41. The van der Waals surface area contributed by atoms with Crippen LogP contribution in [0.25, 0.3) is 11.1 Å². The summed E-state index contributed by atoms with van der Waals surface area (Å²) < 4.78 is 0. The number of carbonyl (C=O) groups excluding carboxylic acids is 2. The Morgan fingerprint density at radius 1 is 0.825 bits per heavy atom. The molecule has 2 atom stereocenters. The van der Waals surface area contributed by atoms with Gasteiger partial charge in [-0.05, 0) is 59.2 Å². The minimum atomic E-state index is -0.0283. The van der Waals surface area contributed by atoms with Gasteiger partial charge in [0.15, 0.2) is 0 Å². The normalized spacial score (nSPS) is 19.3. The number of nitrogens with zero attached hydrogens (tertiary/aromatic N) is 3. The summed E-state index contributed by atoms with van der Waals surface area (Å²) in [5.74, 6) is 0.207. The van der Waals surface area contributed by atoms with E-state index in [9.17, 15) is 9.59 Å². The number of fused-ring (bicyclic) bond motifs is 1. The number of rotatable bonds is 6. The molecule has 3 aromatic carbocycles. The second kappa shape index (κ2) is 11.8. The molecule has 40 heavy (non-hydrogen) atoms. The van der Waals surface area contributed by atoms with Crippen LogP contribution in [-0.2, 0) is 11.2 Å². The monoisotopic (exact) mass is 549 g/mol. The molecule has 1 aromatic heterocycles. The minimum absolute atomic E-state index is 0.0283. The Kier molecular flexibility index (Phi) is 7.80. The molecule has 2 unspecified atom stereocenters. The van der Waals surface area contributed by atoms with Gasteiger partial charge in [-0.1, -0.05) is 72.8 Å². The fourth-order valence-electron chi connectivity index (χ4n) is 6.12. The first kappa shape index (κ1) is 26.5. The maximum absolute atomic E-state index is 13.3. The molecule has 204 valence electrons. The van der Waals surface area contributed by atoms with Crippen molar-refractivity contribution in [2.24, 2.45) is 0 Å². The van der Waals surface area contributed by atoms with Gasteiger partial charge in [-0.25, -0.2) is 0 Å². The quantitative estimate of drug-likeness (QED) is 0.291.